The van der Waals surface area contributed by atoms with Crippen LogP contribution in [-0.2, 0) is 9.47 Å². The van der Waals surface area contributed by atoms with Crippen molar-refractivity contribution in [2.75, 3.05) is 19.8 Å². The fourth-order valence-corrected chi connectivity index (χ4v) is 1.58. The summed E-state index contributed by atoms with van der Waals surface area (Å²) in [5.74, 6) is 0. The van der Waals surface area contributed by atoms with Crippen LogP contribution in [0.2, 0.25) is 0 Å². The fourth-order valence-electron chi connectivity index (χ4n) is 1.58. The molecule has 1 unspecified atom stereocenters. The molecule has 0 saturated carbocycles. The van der Waals surface area contributed by atoms with Gasteiger partial charge in [0.05, 0.1) is 0 Å². The summed E-state index contributed by atoms with van der Waals surface area (Å²) >= 11 is 0. The van der Waals surface area contributed by atoms with Gasteiger partial charge in [0.1, 0.15) is 0 Å². The van der Waals surface area contributed by atoms with Crippen LogP contribution in [0.25, 0.3) is 0 Å². The summed E-state index contributed by atoms with van der Waals surface area (Å²) in [7, 11) is 0. The van der Waals surface area contributed by atoms with Crippen LogP contribution in [0.1, 0.15) is 37.3 Å². The molecule has 0 aliphatic rings. The van der Waals surface area contributed by atoms with Crippen LogP contribution in [0.5, 0.6) is 0 Å². The van der Waals surface area contributed by atoms with Crippen molar-refractivity contribution in [2.24, 2.45) is 11.5 Å². The maximum absolute atomic E-state index is 5.85. The molecule has 0 amide bonds. The number of hydrogen-bond acceptors (Lipinski definition) is 4. The van der Waals surface area contributed by atoms with Gasteiger partial charge in [0.2, 0.25) is 0 Å². The van der Waals surface area contributed by atoms with E-state index >= 15 is 0 Å². The highest BCUT2D eigenvalue weighted by Crippen LogP contribution is 2.20. The van der Waals surface area contributed by atoms with E-state index in [4.69, 9.17) is 20.9 Å². The Morgan fingerprint density at radius 2 is 1.47 bits per heavy atom. The highest BCUT2D eigenvalue weighted by Gasteiger charge is 2.11. The normalized spacial score (nSPS) is 13.0. The second-order valence-corrected chi connectivity index (χ2v) is 3.75. The monoisotopic (exact) mass is 238 g/mol. The molecular weight excluding hydrogens is 216 g/mol. The minimum Gasteiger partial charge on any atom is -0.349 e. The summed E-state index contributed by atoms with van der Waals surface area (Å²) in [4.78, 5) is 0. The van der Waals surface area contributed by atoms with Crippen LogP contribution in [0.4, 0.5) is 0 Å². The van der Waals surface area contributed by atoms with E-state index in [1.807, 2.05) is 38.1 Å². The van der Waals surface area contributed by atoms with Gasteiger partial charge >= 0.3 is 0 Å². The minimum absolute atomic E-state index is 0.110. The molecule has 1 rings (SSSR count). The molecule has 0 saturated heterocycles. The number of rotatable bonds is 7. The summed E-state index contributed by atoms with van der Waals surface area (Å²) in [6.45, 7) is 5.58. The lowest BCUT2D eigenvalue weighted by Crippen LogP contribution is -2.20. The molecular formula is C13H22N2O2. The van der Waals surface area contributed by atoms with Gasteiger partial charge in [-0.1, -0.05) is 24.3 Å². The van der Waals surface area contributed by atoms with Crippen LogP contribution in [0.3, 0.4) is 0 Å². The molecule has 0 spiro atoms. The lowest BCUT2D eigenvalue weighted by atomic mass is 10.1. The molecule has 4 heteroatoms. The number of hydrogen-bond donors (Lipinski definition) is 2. The van der Waals surface area contributed by atoms with E-state index < -0.39 is 0 Å². The molecule has 4 nitrogen and oxygen atoms in total. The van der Waals surface area contributed by atoms with E-state index in [0.717, 1.165) is 11.1 Å². The molecule has 96 valence electrons. The summed E-state index contributed by atoms with van der Waals surface area (Å²) in [6.07, 6.45) is -0.298. The van der Waals surface area contributed by atoms with Gasteiger partial charge in [-0.3, -0.25) is 0 Å². The molecule has 1 atom stereocenters. The first-order valence-corrected chi connectivity index (χ1v) is 6.01. The van der Waals surface area contributed by atoms with Gasteiger partial charge in [0, 0.05) is 31.4 Å². The molecule has 0 bridgehead atoms. The minimum atomic E-state index is -0.298. The van der Waals surface area contributed by atoms with Gasteiger partial charge < -0.3 is 20.9 Å². The van der Waals surface area contributed by atoms with E-state index in [1.165, 1.54) is 0 Å². The van der Waals surface area contributed by atoms with Gasteiger partial charge in [0.15, 0.2) is 6.29 Å². The van der Waals surface area contributed by atoms with Crippen LogP contribution in [0, 0.1) is 0 Å². The standard InChI is InChI=1S/C13H22N2O2/c1-3-16-13(17-4-2)11-7-5-10(6-8-11)12(15)9-14/h5-8,12-13H,3-4,9,14-15H2,1-2H3. The molecule has 0 fully saturated rings. The largest absolute Gasteiger partial charge is 0.349 e. The zero-order valence-corrected chi connectivity index (χ0v) is 10.6. The Balaban J connectivity index is 2.76. The van der Waals surface area contributed by atoms with E-state index in [2.05, 4.69) is 0 Å². The Morgan fingerprint density at radius 3 is 1.88 bits per heavy atom. The number of nitrogens with two attached hydrogens (primary N) is 2. The van der Waals surface area contributed by atoms with Crippen molar-refractivity contribution in [1.29, 1.82) is 0 Å². The summed E-state index contributed by atoms with van der Waals surface area (Å²) in [5.41, 5.74) is 13.4. The highest BCUT2D eigenvalue weighted by molar-refractivity contribution is 5.25. The Bertz CT molecular complexity index is 308. The fraction of sp³-hybridized carbons (Fsp3) is 0.538. The van der Waals surface area contributed by atoms with Crippen LogP contribution < -0.4 is 11.5 Å². The molecule has 17 heavy (non-hydrogen) atoms. The van der Waals surface area contributed by atoms with Crippen LogP contribution in [0.15, 0.2) is 24.3 Å². The maximum atomic E-state index is 5.85. The molecule has 1 aromatic carbocycles. The van der Waals surface area contributed by atoms with Crippen molar-refractivity contribution >= 4 is 0 Å². The Kier molecular flexibility index (Phi) is 6.15. The smallest absolute Gasteiger partial charge is 0.183 e. The van der Waals surface area contributed by atoms with Crippen LogP contribution >= 0.6 is 0 Å². The topological polar surface area (TPSA) is 70.5 Å². The van der Waals surface area contributed by atoms with Crippen molar-refractivity contribution < 1.29 is 9.47 Å². The first-order valence-electron chi connectivity index (χ1n) is 6.01. The van der Waals surface area contributed by atoms with Crippen molar-refractivity contribution in [3.05, 3.63) is 35.4 Å². The number of ether oxygens (including phenoxy) is 2. The first kappa shape index (κ1) is 14.1. The number of benzene rings is 1. The third-order valence-corrected chi connectivity index (χ3v) is 2.53. The van der Waals surface area contributed by atoms with Crippen molar-refractivity contribution in [3.8, 4) is 0 Å². The van der Waals surface area contributed by atoms with E-state index in [-0.39, 0.29) is 12.3 Å². The molecule has 0 aliphatic carbocycles. The average molecular weight is 238 g/mol. The second kappa shape index (κ2) is 7.40. The molecule has 0 aliphatic heterocycles. The Morgan fingerprint density at radius 1 is 1.00 bits per heavy atom. The van der Waals surface area contributed by atoms with E-state index in [9.17, 15) is 0 Å². The third kappa shape index (κ3) is 4.09. The SMILES string of the molecule is CCOC(OCC)c1ccc(C(N)CN)cc1. The molecule has 4 N–H and O–H groups in total. The zero-order valence-electron chi connectivity index (χ0n) is 10.6. The predicted molar refractivity (Wildman–Crippen MR) is 68.4 cm³/mol. The lowest BCUT2D eigenvalue weighted by Gasteiger charge is -2.18. The van der Waals surface area contributed by atoms with Crippen molar-refractivity contribution in [2.45, 2.75) is 26.2 Å². The van der Waals surface area contributed by atoms with Gasteiger partial charge in [-0.15, -0.1) is 0 Å². The van der Waals surface area contributed by atoms with E-state index in [1.54, 1.807) is 0 Å². The molecule has 0 heterocycles. The van der Waals surface area contributed by atoms with Crippen LogP contribution in [-0.4, -0.2) is 19.8 Å². The Labute approximate surface area is 103 Å². The second-order valence-electron chi connectivity index (χ2n) is 3.75. The lowest BCUT2D eigenvalue weighted by molar-refractivity contribution is -0.140. The van der Waals surface area contributed by atoms with Gasteiger partial charge in [-0.2, -0.15) is 0 Å². The summed E-state index contributed by atoms with van der Waals surface area (Å²) < 4.78 is 11.0. The Hall–Kier alpha value is -0.940. The predicted octanol–water partition coefficient (Wildman–Crippen LogP) is 1.72. The molecule has 1 aromatic rings. The molecule has 0 radical (unpaired) electrons. The molecule has 0 aromatic heterocycles. The average Bonchev–Trinajstić information content (AvgIpc) is 2.38. The van der Waals surface area contributed by atoms with Gasteiger partial charge in [-0.05, 0) is 19.4 Å². The van der Waals surface area contributed by atoms with Crippen molar-refractivity contribution in [1.82, 2.24) is 0 Å². The van der Waals surface area contributed by atoms with Crippen molar-refractivity contribution in [3.63, 3.8) is 0 Å². The quantitative estimate of drug-likeness (QED) is 0.709. The maximum Gasteiger partial charge on any atom is 0.183 e. The highest BCUT2D eigenvalue weighted by atomic mass is 16.7. The van der Waals surface area contributed by atoms with Gasteiger partial charge in [-0.25, -0.2) is 0 Å². The van der Waals surface area contributed by atoms with E-state index in [0.29, 0.717) is 19.8 Å². The summed E-state index contributed by atoms with van der Waals surface area (Å²) in [5, 5.41) is 0. The third-order valence-electron chi connectivity index (χ3n) is 2.53. The zero-order chi connectivity index (χ0) is 12.7. The summed E-state index contributed by atoms with van der Waals surface area (Å²) in [6, 6.07) is 7.78. The first-order chi connectivity index (χ1) is 8.22. The van der Waals surface area contributed by atoms with Gasteiger partial charge in [0.25, 0.3) is 0 Å².